The number of thioether (sulfide) groups is 1. The number of rotatable bonds is 6. The number of anilines is 1. The molecule has 1 aromatic heterocycles. The van der Waals surface area contributed by atoms with Crippen LogP contribution in [0.2, 0.25) is 0 Å². The lowest BCUT2D eigenvalue weighted by atomic mass is 10.5. The summed E-state index contributed by atoms with van der Waals surface area (Å²) in [4.78, 5) is 0. The predicted molar refractivity (Wildman–Crippen MR) is 57.3 cm³/mol. The minimum absolute atomic E-state index is 0.221. The molecule has 1 rings (SSSR count). The van der Waals surface area contributed by atoms with E-state index in [2.05, 4.69) is 14.9 Å². The van der Waals surface area contributed by atoms with Crippen molar-refractivity contribution < 1.29 is 5.11 Å². The average Bonchev–Trinajstić information content (AvgIpc) is 2.54. The molecule has 2 N–H and O–H groups in total. The second-order valence-electron chi connectivity index (χ2n) is 2.36. The number of hydrogen-bond donors (Lipinski definition) is 2. The molecule has 0 fully saturated rings. The molecule has 0 amide bonds. The summed E-state index contributed by atoms with van der Waals surface area (Å²) >= 11 is 3.05. The van der Waals surface area contributed by atoms with Gasteiger partial charge >= 0.3 is 0 Å². The van der Waals surface area contributed by atoms with Crippen molar-refractivity contribution in [1.82, 2.24) is 9.59 Å². The van der Waals surface area contributed by atoms with Gasteiger partial charge in [-0.15, -0.1) is 5.10 Å². The molecular formula is C7H13N3OS2. The fourth-order valence-corrected chi connectivity index (χ4v) is 2.24. The highest BCUT2D eigenvalue weighted by Gasteiger charge is 2.05. The maximum Gasteiger partial charge on any atom is 0.134 e. The number of nitrogens with zero attached hydrogens (tertiary/aromatic N) is 2. The van der Waals surface area contributed by atoms with Crippen molar-refractivity contribution in [2.75, 3.05) is 24.2 Å². The number of aliphatic hydroxyl groups is 1. The lowest BCUT2D eigenvalue weighted by molar-refractivity contribution is 0.322. The van der Waals surface area contributed by atoms with Crippen LogP contribution in [0.3, 0.4) is 0 Å². The van der Waals surface area contributed by atoms with E-state index in [0.29, 0.717) is 0 Å². The Kier molecular flexibility index (Phi) is 5.10. The normalized spacial score (nSPS) is 10.3. The van der Waals surface area contributed by atoms with E-state index in [1.807, 2.05) is 6.92 Å². The molecule has 0 radical (unpaired) electrons. The molecule has 0 aromatic carbocycles. The standard InChI is InChI=1S/C7H13N3OS2/c1-2-8-7-6(9-10-13-7)5-12-4-3-11/h8,11H,2-5H2,1H3. The van der Waals surface area contributed by atoms with Gasteiger partial charge in [-0.05, 0) is 6.92 Å². The van der Waals surface area contributed by atoms with E-state index in [1.165, 1.54) is 11.5 Å². The Hall–Kier alpha value is -0.330. The summed E-state index contributed by atoms with van der Waals surface area (Å²) in [7, 11) is 0. The zero-order valence-corrected chi connectivity index (χ0v) is 9.12. The summed E-state index contributed by atoms with van der Waals surface area (Å²) < 4.78 is 3.87. The third-order valence-electron chi connectivity index (χ3n) is 1.37. The van der Waals surface area contributed by atoms with Crippen molar-refractivity contribution in [3.8, 4) is 0 Å². The molecular weight excluding hydrogens is 206 g/mol. The van der Waals surface area contributed by atoms with Gasteiger partial charge in [0.2, 0.25) is 0 Å². The van der Waals surface area contributed by atoms with Crippen LogP contribution in [-0.4, -0.2) is 33.6 Å². The second kappa shape index (κ2) is 6.17. The van der Waals surface area contributed by atoms with Gasteiger partial charge in [-0.25, -0.2) is 0 Å². The van der Waals surface area contributed by atoms with Gasteiger partial charge in [0.1, 0.15) is 10.7 Å². The van der Waals surface area contributed by atoms with Crippen LogP contribution >= 0.6 is 23.3 Å². The van der Waals surface area contributed by atoms with E-state index in [-0.39, 0.29) is 6.61 Å². The third-order valence-corrected chi connectivity index (χ3v) is 3.04. The van der Waals surface area contributed by atoms with E-state index >= 15 is 0 Å². The topological polar surface area (TPSA) is 58.0 Å². The SMILES string of the molecule is CCNc1snnc1CSCCO. The number of nitrogens with one attached hydrogen (secondary N) is 1. The third kappa shape index (κ3) is 3.50. The Morgan fingerprint density at radius 1 is 1.62 bits per heavy atom. The minimum Gasteiger partial charge on any atom is -0.396 e. The van der Waals surface area contributed by atoms with Crippen LogP contribution in [-0.2, 0) is 5.75 Å². The molecule has 0 bridgehead atoms. The van der Waals surface area contributed by atoms with Crippen molar-refractivity contribution in [2.24, 2.45) is 0 Å². The molecule has 1 aromatic rings. The molecule has 0 saturated carbocycles. The Balaban J connectivity index is 2.40. The highest BCUT2D eigenvalue weighted by atomic mass is 32.2. The molecule has 6 heteroatoms. The average molecular weight is 219 g/mol. The van der Waals surface area contributed by atoms with Crippen molar-refractivity contribution in [1.29, 1.82) is 0 Å². The van der Waals surface area contributed by atoms with Crippen LogP contribution in [0.15, 0.2) is 0 Å². The van der Waals surface area contributed by atoms with Crippen molar-refractivity contribution in [2.45, 2.75) is 12.7 Å². The summed E-state index contributed by atoms with van der Waals surface area (Å²) in [6, 6.07) is 0. The van der Waals surface area contributed by atoms with Crippen LogP contribution in [0.1, 0.15) is 12.6 Å². The second-order valence-corrected chi connectivity index (χ2v) is 4.21. The van der Waals surface area contributed by atoms with E-state index in [0.717, 1.165) is 28.7 Å². The molecule has 0 atom stereocenters. The van der Waals surface area contributed by atoms with Gasteiger partial charge in [0.05, 0.1) is 6.61 Å². The van der Waals surface area contributed by atoms with Crippen molar-refractivity contribution >= 4 is 28.3 Å². The van der Waals surface area contributed by atoms with E-state index in [1.54, 1.807) is 11.8 Å². The van der Waals surface area contributed by atoms with Crippen LogP contribution < -0.4 is 5.32 Å². The van der Waals surface area contributed by atoms with Gasteiger partial charge < -0.3 is 10.4 Å². The first-order chi connectivity index (χ1) is 6.38. The van der Waals surface area contributed by atoms with Crippen molar-refractivity contribution in [3.63, 3.8) is 0 Å². The fraction of sp³-hybridized carbons (Fsp3) is 0.714. The number of aliphatic hydroxyl groups excluding tert-OH is 1. The van der Waals surface area contributed by atoms with Gasteiger partial charge in [-0.3, -0.25) is 0 Å². The van der Waals surface area contributed by atoms with E-state index < -0.39 is 0 Å². The zero-order chi connectivity index (χ0) is 9.52. The Morgan fingerprint density at radius 3 is 3.15 bits per heavy atom. The predicted octanol–water partition coefficient (Wildman–Crippen LogP) is 1.20. The van der Waals surface area contributed by atoms with Crippen LogP contribution in [0.4, 0.5) is 5.00 Å². The molecule has 0 unspecified atom stereocenters. The molecule has 13 heavy (non-hydrogen) atoms. The molecule has 0 saturated heterocycles. The smallest absolute Gasteiger partial charge is 0.134 e. The molecule has 0 aliphatic heterocycles. The molecule has 0 aliphatic carbocycles. The Bertz CT molecular complexity index is 241. The zero-order valence-electron chi connectivity index (χ0n) is 7.49. The van der Waals surface area contributed by atoms with Crippen molar-refractivity contribution in [3.05, 3.63) is 5.69 Å². The fourth-order valence-electron chi connectivity index (χ4n) is 0.831. The Morgan fingerprint density at radius 2 is 2.46 bits per heavy atom. The Labute approximate surface area is 85.9 Å². The van der Waals surface area contributed by atoms with Gasteiger partial charge in [0.25, 0.3) is 0 Å². The summed E-state index contributed by atoms with van der Waals surface area (Å²) in [6.07, 6.45) is 0. The maximum atomic E-state index is 8.60. The van der Waals surface area contributed by atoms with Crippen LogP contribution in [0.5, 0.6) is 0 Å². The quantitative estimate of drug-likeness (QED) is 0.704. The number of aromatic nitrogens is 2. The molecule has 1 heterocycles. The first kappa shape index (κ1) is 10.7. The first-order valence-electron chi connectivity index (χ1n) is 4.12. The molecule has 74 valence electrons. The maximum absolute atomic E-state index is 8.60. The van der Waals surface area contributed by atoms with Crippen LogP contribution in [0.25, 0.3) is 0 Å². The summed E-state index contributed by atoms with van der Waals surface area (Å²) in [5.41, 5.74) is 0.991. The largest absolute Gasteiger partial charge is 0.396 e. The van der Waals surface area contributed by atoms with Crippen LogP contribution in [0, 0.1) is 0 Å². The van der Waals surface area contributed by atoms with E-state index in [9.17, 15) is 0 Å². The minimum atomic E-state index is 0.221. The molecule has 4 nitrogen and oxygen atoms in total. The lowest BCUT2D eigenvalue weighted by Crippen LogP contribution is -1.98. The highest BCUT2D eigenvalue weighted by Crippen LogP contribution is 2.21. The first-order valence-corrected chi connectivity index (χ1v) is 6.05. The highest BCUT2D eigenvalue weighted by molar-refractivity contribution is 7.98. The molecule has 0 aliphatic rings. The van der Waals surface area contributed by atoms with Gasteiger partial charge in [0, 0.05) is 29.6 Å². The van der Waals surface area contributed by atoms with Gasteiger partial charge in [0.15, 0.2) is 0 Å². The molecule has 0 spiro atoms. The van der Waals surface area contributed by atoms with Gasteiger partial charge in [-0.2, -0.15) is 11.8 Å². The summed E-state index contributed by atoms with van der Waals surface area (Å²) in [5.74, 6) is 1.57. The summed E-state index contributed by atoms with van der Waals surface area (Å²) in [6.45, 7) is 3.16. The number of hydrogen-bond acceptors (Lipinski definition) is 6. The lowest BCUT2D eigenvalue weighted by Gasteiger charge is -2.00. The summed E-state index contributed by atoms with van der Waals surface area (Å²) in [5, 5.41) is 16.9. The van der Waals surface area contributed by atoms with E-state index in [4.69, 9.17) is 5.11 Å². The monoisotopic (exact) mass is 219 g/mol. The van der Waals surface area contributed by atoms with Gasteiger partial charge in [-0.1, -0.05) is 4.49 Å².